The van der Waals surface area contributed by atoms with Crippen LogP contribution in [0.1, 0.15) is 6.92 Å². The van der Waals surface area contributed by atoms with Crippen LogP contribution in [0.15, 0.2) is 57.0 Å². The molecule has 1 aromatic rings. The molecule has 1 aromatic carbocycles. The highest BCUT2D eigenvalue weighted by Crippen LogP contribution is 2.41. The summed E-state index contributed by atoms with van der Waals surface area (Å²) < 4.78 is 25.8. The maximum atomic E-state index is 12.3. The van der Waals surface area contributed by atoms with E-state index in [2.05, 4.69) is 10.8 Å². The molecule has 1 N–H and O–H groups in total. The van der Waals surface area contributed by atoms with E-state index in [1.165, 1.54) is 11.4 Å². The molecular weight excluding hydrogens is 294 g/mol. The van der Waals surface area contributed by atoms with Gasteiger partial charge in [0, 0.05) is 13.6 Å². The lowest BCUT2D eigenvalue weighted by molar-refractivity contribution is 0.171. The Morgan fingerprint density at radius 1 is 1.20 bits per heavy atom. The van der Waals surface area contributed by atoms with Gasteiger partial charge in [-0.1, -0.05) is 12.2 Å². The Morgan fingerprint density at radius 3 is 2.25 bits per heavy atom. The molecule has 1 aliphatic rings. The molecule has 1 unspecified atom stereocenters. The summed E-state index contributed by atoms with van der Waals surface area (Å²) in [5.41, 5.74) is 0. The molecule has 2 rings (SSSR count). The van der Waals surface area contributed by atoms with Crippen LogP contribution in [0, 0.1) is 0 Å². The van der Waals surface area contributed by atoms with Crippen molar-refractivity contribution in [2.24, 2.45) is 0 Å². The molecule has 110 valence electrons. The number of benzene rings is 1. The predicted octanol–water partition coefficient (Wildman–Crippen LogP) is 2.09. The molecule has 0 saturated heterocycles. The quantitative estimate of drug-likeness (QED) is 0.818. The zero-order valence-corrected chi connectivity index (χ0v) is 13.2. The third-order valence-corrected chi connectivity index (χ3v) is 6.69. The minimum Gasteiger partial charge on any atom is -0.392 e. The van der Waals surface area contributed by atoms with Gasteiger partial charge in [0.1, 0.15) is 0 Å². The number of aliphatic hydroxyl groups is 1. The zero-order chi connectivity index (χ0) is 14.8. The van der Waals surface area contributed by atoms with Crippen LogP contribution in [-0.2, 0) is 10.0 Å². The van der Waals surface area contributed by atoms with Crippen molar-refractivity contribution in [2.45, 2.75) is 22.8 Å². The Bertz CT molecular complexity index is 606. The fourth-order valence-electron chi connectivity index (χ4n) is 1.95. The number of likely N-dealkylation sites (N-methyl/N-ethyl adjacent to an activating group) is 1. The van der Waals surface area contributed by atoms with Crippen molar-refractivity contribution in [3.05, 3.63) is 47.2 Å². The molecular formula is C14H19NO3S2. The van der Waals surface area contributed by atoms with E-state index < -0.39 is 27.0 Å². The van der Waals surface area contributed by atoms with Crippen molar-refractivity contribution in [3.8, 4) is 0 Å². The van der Waals surface area contributed by atoms with Crippen LogP contribution in [0.4, 0.5) is 0 Å². The normalized spacial score (nSPS) is 17.9. The van der Waals surface area contributed by atoms with Crippen LogP contribution in [0.3, 0.4) is 0 Å². The second-order valence-electron chi connectivity index (χ2n) is 4.72. The first-order valence-electron chi connectivity index (χ1n) is 6.29. The second kappa shape index (κ2) is 6.13. The molecule has 0 spiro atoms. The molecule has 20 heavy (non-hydrogen) atoms. The molecule has 1 atom stereocenters. The first-order chi connectivity index (χ1) is 9.41. The maximum Gasteiger partial charge on any atom is 0.242 e. The lowest BCUT2D eigenvalue weighted by Gasteiger charge is -2.19. The van der Waals surface area contributed by atoms with Crippen molar-refractivity contribution < 1.29 is 13.5 Å². The standard InChI is InChI=1S/C14H19NO3S2/c1-12(16)11-15(2)20(17,18)14-7-5-13(6-8-14)19-9-3-4-10-19/h3-10,12,16,19H,11H2,1-2H3. The fourth-order valence-corrected chi connectivity index (χ4v) is 4.71. The summed E-state index contributed by atoms with van der Waals surface area (Å²) >= 11 is 0. The van der Waals surface area contributed by atoms with E-state index in [0.29, 0.717) is 0 Å². The Hall–Kier alpha value is -1.08. The van der Waals surface area contributed by atoms with E-state index >= 15 is 0 Å². The summed E-state index contributed by atoms with van der Waals surface area (Å²) in [5.74, 6) is 0. The molecule has 0 bridgehead atoms. The summed E-state index contributed by atoms with van der Waals surface area (Å²) in [5, 5.41) is 13.5. The van der Waals surface area contributed by atoms with Gasteiger partial charge in [-0.2, -0.15) is 15.2 Å². The van der Waals surface area contributed by atoms with Crippen LogP contribution in [-0.4, -0.2) is 37.5 Å². The summed E-state index contributed by atoms with van der Waals surface area (Å²) in [6.07, 6.45) is 3.32. The van der Waals surface area contributed by atoms with Crippen LogP contribution in [0.5, 0.6) is 0 Å². The number of nitrogens with zero attached hydrogens (tertiary/aromatic N) is 1. The number of rotatable bonds is 5. The number of aliphatic hydroxyl groups excluding tert-OH is 1. The summed E-state index contributed by atoms with van der Waals surface area (Å²) in [6, 6.07) is 6.97. The highest BCUT2D eigenvalue weighted by molar-refractivity contribution is 8.22. The van der Waals surface area contributed by atoms with Gasteiger partial charge < -0.3 is 5.11 Å². The number of sulfonamides is 1. The third-order valence-electron chi connectivity index (χ3n) is 2.97. The van der Waals surface area contributed by atoms with Crippen molar-refractivity contribution in [2.75, 3.05) is 13.6 Å². The Balaban J connectivity index is 2.20. The molecule has 4 nitrogen and oxygen atoms in total. The molecule has 0 radical (unpaired) electrons. The van der Waals surface area contributed by atoms with Gasteiger partial charge in [-0.3, -0.25) is 0 Å². The number of allylic oxidation sites excluding steroid dienone is 2. The molecule has 1 aliphatic heterocycles. The molecule has 1 heterocycles. The maximum absolute atomic E-state index is 12.3. The average Bonchev–Trinajstić information content (AvgIpc) is 2.92. The van der Waals surface area contributed by atoms with Gasteiger partial charge in [0.25, 0.3) is 0 Å². The van der Waals surface area contributed by atoms with E-state index in [9.17, 15) is 13.5 Å². The number of hydrogen-bond donors (Lipinski definition) is 2. The monoisotopic (exact) mass is 313 g/mol. The zero-order valence-electron chi connectivity index (χ0n) is 11.5. The van der Waals surface area contributed by atoms with Crippen molar-refractivity contribution in [3.63, 3.8) is 0 Å². The van der Waals surface area contributed by atoms with E-state index in [1.807, 2.05) is 24.3 Å². The lowest BCUT2D eigenvalue weighted by atomic mass is 10.4. The molecule has 0 fully saturated rings. The SMILES string of the molecule is CC(O)CN(C)S(=O)(=O)c1ccc([SH]2C=CC=C2)cc1. The van der Waals surface area contributed by atoms with Crippen molar-refractivity contribution >= 4 is 20.9 Å². The summed E-state index contributed by atoms with van der Waals surface area (Å²) in [7, 11) is -2.48. The van der Waals surface area contributed by atoms with Gasteiger partial charge in [0.15, 0.2) is 0 Å². The number of thiol groups is 1. The van der Waals surface area contributed by atoms with Gasteiger partial charge in [-0.05, 0) is 46.9 Å². The van der Waals surface area contributed by atoms with Crippen LogP contribution in [0.25, 0.3) is 0 Å². The molecule has 0 aliphatic carbocycles. The second-order valence-corrected chi connectivity index (χ2v) is 8.69. The first-order valence-corrected chi connectivity index (χ1v) is 9.21. The van der Waals surface area contributed by atoms with Crippen molar-refractivity contribution in [1.82, 2.24) is 4.31 Å². The minimum absolute atomic E-state index is 0.0856. The van der Waals surface area contributed by atoms with Gasteiger partial charge in [0.2, 0.25) is 10.0 Å². The molecule has 0 saturated carbocycles. The Morgan fingerprint density at radius 2 is 1.75 bits per heavy atom. The summed E-state index contributed by atoms with van der Waals surface area (Å²) in [4.78, 5) is 1.38. The highest BCUT2D eigenvalue weighted by Gasteiger charge is 2.21. The fraction of sp³-hybridized carbons (Fsp3) is 0.286. The first kappa shape index (κ1) is 15.3. The van der Waals surface area contributed by atoms with Crippen LogP contribution < -0.4 is 0 Å². The van der Waals surface area contributed by atoms with E-state index in [4.69, 9.17) is 0 Å². The van der Waals surface area contributed by atoms with Crippen LogP contribution in [0.2, 0.25) is 0 Å². The Kier molecular flexibility index (Phi) is 4.70. The minimum atomic E-state index is -3.53. The summed E-state index contributed by atoms with van der Waals surface area (Å²) in [6.45, 7) is 1.65. The molecule has 6 heteroatoms. The lowest BCUT2D eigenvalue weighted by Crippen LogP contribution is -2.33. The average molecular weight is 313 g/mol. The van der Waals surface area contributed by atoms with Crippen molar-refractivity contribution in [1.29, 1.82) is 0 Å². The van der Waals surface area contributed by atoms with Gasteiger partial charge in [0.05, 0.1) is 11.0 Å². The van der Waals surface area contributed by atoms with Gasteiger partial charge in [-0.25, -0.2) is 8.42 Å². The van der Waals surface area contributed by atoms with Gasteiger partial charge in [-0.15, -0.1) is 0 Å². The smallest absolute Gasteiger partial charge is 0.242 e. The Labute approximate surface area is 122 Å². The number of hydrogen-bond acceptors (Lipinski definition) is 3. The molecule has 0 aromatic heterocycles. The van der Waals surface area contributed by atoms with E-state index in [-0.39, 0.29) is 11.4 Å². The van der Waals surface area contributed by atoms with Gasteiger partial charge >= 0.3 is 0 Å². The third kappa shape index (κ3) is 3.32. The largest absolute Gasteiger partial charge is 0.392 e. The molecule has 0 amide bonds. The van der Waals surface area contributed by atoms with E-state index in [0.717, 1.165) is 4.90 Å². The highest BCUT2D eigenvalue weighted by atomic mass is 32.2. The predicted molar refractivity (Wildman–Crippen MR) is 83.5 cm³/mol. The van der Waals surface area contributed by atoms with E-state index in [1.54, 1.807) is 19.1 Å². The topological polar surface area (TPSA) is 57.6 Å². The van der Waals surface area contributed by atoms with Crippen LogP contribution >= 0.6 is 10.9 Å².